The molecule has 5 heteroatoms. The lowest BCUT2D eigenvalue weighted by atomic mass is 10.3. The van der Waals surface area contributed by atoms with Crippen LogP contribution in [0.4, 0.5) is 0 Å². The van der Waals surface area contributed by atoms with E-state index in [2.05, 4.69) is 22.0 Å². The lowest BCUT2D eigenvalue weighted by Crippen LogP contribution is -2.17. The van der Waals surface area contributed by atoms with Gasteiger partial charge in [-0.1, -0.05) is 12.5 Å². The average molecular weight is 193 g/mol. The van der Waals surface area contributed by atoms with Crippen LogP contribution in [0.25, 0.3) is 0 Å². The second-order valence-corrected chi connectivity index (χ2v) is 2.03. The largest absolute Gasteiger partial charge is 0.450 e. The van der Waals surface area contributed by atoms with Gasteiger partial charge in [0.25, 0.3) is 0 Å². The van der Waals surface area contributed by atoms with E-state index in [0.29, 0.717) is 0 Å². The molecule has 0 atom stereocenters. The van der Waals surface area contributed by atoms with Crippen LogP contribution < -0.4 is 0 Å². The normalized spacial score (nSPS) is 7.86. The molecule has 0 aliphatic rings. The van der Waals surface area contributed by atoms with Gasteiger partial charge >= 0.3 is 11.9 Å². The maximum atomic E-state index is 10.8. The van der Waals surface area contributed by atoms with Crippen molar-refractivity contribution in [2.75, 3.05) is 13.2 Å². The molecule has 0 heterocycles. The van der Waals surface area contributed by atoms with Gasteiger partial charge in [0, 0.05) is 0 Å². The zero-order valence-corrected chi connectivity index (χ0v) is 7.28. The van der Waals surface area contributed by atoms with Gasteiger partial charge in [-0.05, 0) is 0 Å². The van der Waals surface area contributed by atoms with Gasteiger partial charge in [0.15, 0.2) is 13.2 Å². The third kappa shape index (κ3) is 4.58. The summed E-state index contributed by atoms with van der Waals surface area (Å²) in [6.07, 6.45) is 4.81. The molecule has 0 spiro atoms. The van der Waals surface area contributed by atoms with E-state index in [1.165, 1.54) is 6.07 Å². The number of rotatable bonds is 4. The van der Waals surface area contributed by atoms with Crippen molar-refractivity contribution in [3.05, 3.63) is 12.2 Å². The number of hydrogen-bond donors (Lipinski definition) is 0. The minimum Gasteiger partial charge on any atom is -0.450 e. The summed E-state index contributed by atoms with van der Waals surface area (Å²) in [5.41, 5.74) is -0.380. The van der Waals surface area contributed by atoms with Crippen LogP contribution in [0.15, 0.2) is 12.2 Å². The Balaban J connectivity index is 3.80. The van der Waals surface area contributed by atoms with Crippen molar-refractivity contribution in [2.45, 2.75) is 0 Å². The van der Waals surface area contributed by atoms with Crippen molar-refractivity contribution in [1.82, 2.24) is 0 Å². The molecular weight excluding hydrogens is 186 g/mol. The molecule has 0 saturated heterocycles. The van der Waals surface area contributed by atoms with E-state index in [4.69, 9.17) is 11.7 Å². The fourth-order valence-electron chi connectivity index (χ4n) is 0.421. The summed E-state index contributed by atoms with van der Waals surface area (Å²) in [5.74, 6) is 0.337. The van der Waals surface area contributed by atoms with E-state index in [1.807, 2.05) is 0 Å². The zero-order chi connectivity index (χ0) is 11.0. The topological polar surface area (TPSA) is 76.4 Å². The minimum atomic E-state index is -0.954. The molecule has 0 N–H and O–H groups in total. The first-order chi connectivity index (χ1) is 6.61. The van der Waals surface area contributed by atoms with Gasteiger partial charge in [-0.25, -0.2) is 9.59 Å². The minimum absolute atomic E-state index is 0.185. The second kappa shape index (κ2) is 6.27. The summed E-state index contributed by atoms with van der Waals surface area (Å²) in [6, 6.07) is 1.48. The third-order valence-corrected chi connectivity index (χ3v) is 1.02. The highest BCUT2D eigenvalue weighted by molar-refractivity contribution is 5.93. The van der Waals surface area contributed by atoms with Gasteiger partial charge in [0.1, 0.15) is 11.6 Å². The van der Waals surface area contributed by atoms with E-state index in [-0.39, 0.29) is 12.2 Å². The molecule has 0 aliphatic heterocycles. The van der Waals surface area contributed by atoms with Crippen LogP contribution in [-0.4, -0.2) is 25.2 Å². The predicted molar refractivity (Wildman–Crippen MR) is 45.5 cm³/mol. The number of nitrogens with zero attached hydrogens (tertiary/aromatic N) is 1. The van der Waals surface area contributed by atoms with Crippen LogP contribution in [0.5, 0.6) is 0 Å². The van der Waals surface area contributed by atoms with Gasteiger partial charge in [-0.15, -0.1) is 6.42 Å². The van der Waals surface area contributed by atoms with Crippen molar-refractivity contribution >= 4 is 11.9 Å². The van der Waals surface area contributed by atoms with Crippen molar-refractivity contribution < 1.29 is 19.1 Å². The second-order valence-electron chi connectivity index (χ2n) is 2.03. The van der Waals surface area contributed by atoms with Gasteiger partial charge < -0.3 is 9.47 Å². The highest BCUT2D eigenvalue weighted by Gasteiger charge is 2.10. The molecular formula is C9H7NO4. The van der Waals surface area contributed by atoms with Crippen LogP contribution in [0, 0.1) is 23.7 Å². The zero-order valence-electron chi connectivity index (χ0n) is 7.28. The van der Waals surface area contributed by atoms with E-state index in [0.717, 1.165) is 0 Å². The van der Waals surface area contributed by atoms with Crippen LogP contribution in [0.1, 0.15) is 0 Å². The summed E-state index contributed by atoms with van der Waals surface area (Å²) in [5, 5.41) is 8.22. The number of terminal acetylenes is 1. The van der Waals surface area contributed by atoms with Crippen molar-refractivity contribution in [2.24, 2.45) is 0 Å². The molecule has 0 aliphatic carbocycles. The number of carbonyl (C=O) groups is 2. The fraction of sp³-hybridized carbons (Fsp3) is 0.222. The Morgan fingerprint density at radius 2 is 2.07 bits per heavy atom. The molecule has 0 rings (SSSR count). The Kier molecular flexibility index (Phi) is 5.25. The molecule has 0 aromatic rings. The summed E-state index contributed by atoms with van der Waals surface area (Å²) in [7, 11) is 0. The first-order valence-electron chi connectivity index (χ1n) is 3.47. The molecule has 0 radical (unpaired) electrons. The van der Waals surface area contributed by atoms with Crippen LogP contribution in [-0.2, 0) is 19.1 Å². The van der Waals surface area contributed by atoms with E-state index in [9.17, 15) is 9.59 Å². The number of nitriles is 1. The van der Waals surface area contributed by atoms with Crippen molar-refractivity contribution in [3.8, 4) is 18.4 Å². The third-order valence-electron chi connectivity index (χ3n) is 1.02. The Morgan fingerprint density at radius 1 is 1.43 bits per heavy atom. The number of esters is 2. The van der Waals surface area contributed by atoms with Crippen molar-refractivity contribution in [1.29, 1.82) is 5.26 Å². The van der Waals surface area contributed by atoms with Gasteiger partial charge in [0.05, 0.1) is 0 Å². The number of ether oxygens (including phenoxy) is 2. The summed E-state index contributed by atoms with van der Waals surface area (Å²) < 4.78 is 8.74. The Hall–Kier alpha value is -2.27. The van der Waals surface area contributed by atoms with Gasteiger partial charge in [-0.3, -0.25) is 0 Å². The molecule has 0 bridgehead atoms. The predicted octanol–water partition coefficient (Wildman–Crippen LogP) is -0.214. The molecule has 0 amide bonds. The maximum Gasteiger partial charge on any atom is 0.348 e. The standard InChI is InChI=1S/C9H7NO4/c1-3-4-13-8(11)6-14-9(12)7(2)5-10/h1H,2,4,6H2. The number of hydrogen-bond acceptors (Lipinski definition) is 5. The summed E-state index contributed by atoms with van der Waals surface area (Å²) in [4.78, 5) is 21.5. The molecule has 0 saturated carbocycles. The number of carbonyl (C=O) groups excluding carboxylic acids is 2. The summed E-state index contributed by atoms with van der Waals surface area (Å²) >= 11 is 0. The molecule has 14 heavy (non-hydrogen) atoms. The molecule has 0 aromatic carbocycles. The first kappa shape index (κ1) is 11.7. The van der Waals surface area contributed by atoms with E-state index in [1.54, 1.807) is 0 Å². The molecule has 72 valence electrons. The van der Waals surface area contributed by atoms with E-state index >= 15 is 0 Å². The van der Waals surface area contributed by atoms with Crippen LogP contribution in [0.3, 0.4) is 0 Å². The smallest absolute Gasteiger partial charge is 0.348 e. The average Bonchev–Trinajstić information content (AvgIpc) is 2.21. The highest BCUT2D eigenvalue weighted by Crippen LogP contribution is 1.92. The SMILES string of the molecule is C#CCOC(=O)COC(=O)C(=C)C#N. The lowest BCUT2D eigenvalue weighted by Gasteiger charge is -2.01. The molecule has 0 fully saturated rings. The molecule has 0 unspecified atom stereocenters. The van der Waals surface area contributed by atoms with Gasteiger partial charge in [-0.2, -0.15) is 5.26 Å². The van der Waals surface area contributed by atoms with E-state index < -0.39 is 18.5 Å². The Morgan fingerprint density at radius 3 is 2.57 bits per heavy atom. The maximum absolute atomic E-state index is 10.8. The molecule has 5 nitrogen and oxygen atoms in total. The Bertz CT molecular complexity index is 332. The lowest BCUT2D eigenvalue weighted by molar-refractivity contribution is -0.155. The molecule has 0 aromatic heterocycles. The summed E-state index contributed by atoms with van der Waals surface area (Å²) in [6.45, 7) is 2.33. The fourth-order valence-corrected chi connectivity index (χ4v) is 0.421. The van der Waals surface area contributed by atoms with Crippen LogP contribution >= 0.6 is 0 Å². The van der Waals surface area contributed by atoms with Crippen molar-refractivity contribution in [3.63, 3.8) is 0 Å². The monoisotopic (exact) mass is 193 g/mol. The highest BCUT2D eigenvalue weighted by atomic mass is 16.6. The first-order valence-corrected chi connectivity index (χ1v) is 3.47. The van der Waals surface area contributed by atoms with Gasteiger partial charge in [0.2, 0.25) is 0 Å². The van der Waals surface area contributed by atoms with Crippen LogP contribution in [0.2, 0.25) is 0 Å². The quantitative estimate of drug-likeness (QED) is 0.267. The Labute approximate surface area is 80.9 Å².